The van der Waals surface area contributed by atoms with E-state index in [2.05, 4.69) is 6.58 Å². The van der Waals surface area contributed by atoms with E-state index >= 15 is 0 Å². The second kappa shape index (κ2) is 5.76. The fourth-order valence-electron chi connectivity index (χ4n) is 2.07. The topological polar surface area (TPSA) is 0 Å². The summed E-state index contributed by atoms with van der Waals surface area (Å²) in [5.41, 5.74) is 1.12. The zero-order chi connectivity index (χ0) is 13.8. The van der Waals surface area contributed by atoms with Crippen molar-refractivity contribution in [1.29, 1.82) is 0 Å². The molecule has 0 N–H and O–H groups in total. The molecule has 0 radical (unpaired) electrons. The molecule has 0 amide bonds. The molecule has 0 aliphatic heterocycles. The van der Waals surface area contributed by atoms with Gasteiger partial charge in [-0.25, -0.2) is 0 Å². The molecule has 0 spiro atoms. The maximum Gasteiger partial charge on any atom is 0.299 e. The minimum Gasteiger partial charge on any atom is -0.196 e. The third-order valence-corrected chi connectivity index (χ3v) is 2.75. The van der Waals surface area contributed by atoms with Gasteiger partial charge in [0.15, 0.2) is 0 Å². The van der Waals surface area contributed by atoms with E-state index in [0.717, 1.165) is 0 Å². The van der Waals surface area contributed by atoms with Crippen LogP contribution in [-0.4, -0.2) is 5.92 Å². The van der Waals surface area contributed by atoms with Crippen molar-refractivity contribution >= 4 is 0 Å². The normalized spacial score (nSPS) is 20.1. The van der Waals surface area contributed by atoms with Gasteiger partial charge in [0.05, 0.1) is 0 Å². The van der Waals surface area contributed by atoms with Crippen molar-refractivity contribution in [2.24, 2.45) is 0 Å². The Bertz CT molecular complexity index is 483. The summed E-state index contributed by atoms with van der Waals surface area (Å²) in [6.07, 6.45) is 11.3. The molecule has 0 nitrogen and oxygen atoms in total. The molecule has 0 saturated heterocycles. The number of halogens is 2. The van der Waals surface area contributed by atoms with E-state index in [9.17, 15) is 8.78 Å². The minimum absolute atomic E-state index is 0.0261. The zero-order valence-corrected chi connectivity index (χ0v) is 11.0. The van der Waals surface area contributed by atoms with Crippen LogP contribution in [0.2, 0.25) is 0 Å². The molecule has 1 aliphatic carbocycles. The van der Waals surface area contributed by atoms with Crippen LogP contribution in [0.1, 0.15) is 20.8 Å². The summed E-state index contributed by atoms with van der Waals surface area (Å²) in [6, 6.07) is 0. The minimum atomic E-state index is -2.97. The average molecular weight is 248 g/mol. The maximum absolute atomic E-state index is 14.3. The molecule has 1 rings (SSSR count). The van der Waals surface area contributed by atoms with E-state index in [1.54, 1.807) is 37.3 Å². The van der Waals surface area contributed by atoms with Gasteiger partial charge in [0, 0.05) is 11.1 Å². The first-order valence-corrected chi connectivity index (χ1v) is 5.92. The molecule has 0 unspecified atom stereocenters. The summed E-state index contributed by atoms with van der Waals surface area (Å²) in [5, 5.41) is 0. The van der Waals surface area contributed by atoms with Crippen molar-refractivity contribution in [3.8, 4) is 0 Å². The second-order valence-corrected chi connectivity index (χ2v) is 3.93. The molecular formula is C16H18F2. The summed E-state index contributed by atoms with van der Waals surface area (Å²) in [4.78, 5) is 0. The lowest BCUT2D eigenvalue weighted by molar-refractivity contribution is 0.0940. The Balaban J connectivity index is 3.61. The highest BCUT2D eigenvalue weighted by Crippen LogP contribution is 2.46. The molecule has 0 aromatic heterocycles. The van der Waals surface area contributed by atoms with Gasteiger partial charge in [0.25, 0.3) is 5.92 Å². The van der Waals surface area contributed by atoms with E-state index in [1.165, 1.54) is 12.2 Å². The lowest BCUT2D eigenvalue weighted by atomic mass is 10.0. The summed E-state index contributed by atoms with van der Waals surface area (Å²) in [6.45, 7) is 8.88. The summed E-state index contributed by atoms with van der Waals surface area (Å²) < 4.78 is 28.6. The van der Waals surface area contributed by atoms with Gasteiger partial charge in [-0.2, -0.15) is 8.78 Å². The fourth-order valence-corrected chi connectivity index (χ4v) is 2.07. The molecule has 0 bridgehead atoms. The first-order valence-electron chi connectivity index (χ1n) is 5.92. The maximum atomic E-state index is 14.3. The van der Waals surface area contributed by atoms with Gasteiger partial charge in [-0.3, -0.25) is 0 Å². The fraction of sp³-hybridized carbons (Fsp3) is 0.250. The molecule has 0 atom stereocenters. The van der Waals surface area contributed by atoms with Crippen LogP contribution >= 0.6 is 0 Å². The smallest absolute Gasteiger partial charge is 0.196 e. The van der Waals surface area contributed by atoms with Crippen LogP contribution in [0.25, 0.3) is 0 Å². The Kier molecular flexibility index (Phi) is 4.60. The molecule has 0 saturated carbocycles. The van der Waals surface area contributed by atoms with Crippen molar-refractivity contribution in [2.45, 2.75) is 26.7 Å². The first kappa shape index (κ1) is 14.4. The average Bonchev–Trinajstić information content (AvgIpc) is 2.51. The standard InChI is InChI=1S/C16H18F2/c1-5-9-12-13(10-6-2)15(11-7-3)16(17,18)14(12)8-4/h5-11H,4H2,1-3H3/b9-5-,10-6-,11-7-. The van der Waals surface area contributed by atoms with E-state index in [1.807, 2.05) is 13.8 Å². The van der Waals surface area contributed by atoms with E-state index in [-0.39, 0.29) is 11.1 Å². The predicted molar refractivity (Wildman–Crippen MR) is 73.6 cm³/mol. The van der Waals surface area contributed by atoms with Crippen LogP contribution in [0.4, 0.5) is 8.78 Å². The summed E-state index contributed by atoms with van der Waals surface area (Å²) >= 11 is 0. The molecule has 1 aliphatic rings. The lowest BCUT2D eigenvalue weighted by Crippen LogP contribution is -2.17. The Hall–Kier alpha value is -1.70. The van der Waals surface area contributed by atoms with Crippen LogP contribution in [-0.2, 0) is 0 Å². The number of hydrogen-bond acceptors (Lipinski definition) is 0. The molecule has 18 heavy (non-hydrogen) atoms. The zero-order valence-electron chi connectivity index (χ0n) is 11.0. The van der Waals surface area contributed by atoms with Crippen molar-refractivity contribution in [3.63, 3.8) is 0 Å². The van der Waals surface area contributed by atoms with Crippen LogP contribution in [0.5, 0.6) is 0 Å². The van der Waals surface area contributed by atoms with Gasteiger partial charge in [0.2, 0.25) is 0 Å². The molecule has 0 heterocycles. The van der Waals surface area contributed by atoms with Gasteiger partial charge in [-0.15, -0.1) is 0 Å². The van der Waals surface area contributed by atoms with Crippen molar-refractivity contribution in [2.75, 3.05) is 0 Å². The number of hydrogen-bond donors (Lipinski definition) is 0. The summed E-state index contributed by atoms with van der Waals surface area (Å²) in [7, 11) is 0. The molecule has 0 aromatic rings. The highest BCUT2D eigenvalue weighted by atomic mass is 19.3. The number of allylic oxidation sites excluding steroid dienone is 11. The van der Waals surface area contributed by atoms with Gasteiger partial charge >= 0.3 is 0 Å². The molecule has 0 aromatic carbocycles. The predicted octanol–water partition coefficient (Wildman–Crippen LogP) is 5.14. The van der Waals surface area contributed by atoms with Crippen molar-refractivity contribution in [3.05, 3.63) is 71.4 Å². The molecule has 96 valence electrons. The van der Waals surface area contributed by atoms with Gasteiger partial charge < -0.3 is 0 Å². The Morgan fingerprint density at radius 3 is 1.67 bits per heavy atom. The highest BCUT2D eigenvalue weighted by molar-refractivity contribution is 5.67. The van der Waals surface area contributed by atoms with Crippen LogP contribution in [0.3, 0.4) is 0 Å². The van der Waals surface area contributed by atoms with Crippen molar-refractivity contribution in [1.82, 2.24) is 0 Å². The first-order chi connectivity index (χ1) is 8.54. The Labute approximate surface area is 107 Å². The molecule has 2 heteroatoms. The quantitative estimate of drug-likeness (QED) is 0.646. The second-order valence-electron chi connectivity index (χ2n) is 3.93. The van der Waals surface area contributed by atoms with Gasteiger partial charge in [-0.1, -0.05) is 49.1 Å². The highest BCUT2D eigenvalue weighted by Gasteiger charge is 2.44. The molecule has 0 fully saturated rings. The third kappa shape index (κ3) is 2.28. The lowest BCUT2D eigenvalue weighted by Gasteiger charge is -2.14. The SMILES string of the molecule is C=CC1=C(/C=C\C)C(/C=C\C)=C(/C=C\C)C1(F)F. The Morgan fingerprint density at radius 1 is 0.833 bits per heavy atom. The van der Waals surface area contributed by atoms with Gasteiger partial charge in [0.1, 0.15) is 0 Å². The number of rotatable bonds is 4. The number of alkyl halides is 2. The summed E-state index contributed by atoms with van der Waals surface area (Å²) in [5.74, 6) is -2.97. The van der Waals surface area contributed by atoms with E-state index in [0.29, 0.717) is 11.1 Å². The third-order valence-electron chi connectivity index (χ3n) is 2.75. The van der Waals surface area contributed by atoms with Crippen LogP contribution < -0.4 is 0 Å². The van der Waals surface area contributed by atoms with Gasteiger partial charge in [-0.05, 0) is 31.9 Å². The van der Waals surface area contributed by atoms with Crippen molar-refractivity contribution < 1.29 is 8.78 Å². The monoisotopic (exact) mass is 248 g/mol. The van der Waals surface area contributed by atoms with E-state index < -0.39 is 5.92 Å². The largest absolute Gasteiger partial charge is 0.299 e. The van der Waals surface area contributed by atoms with Crippen LogP contribution in [0, 0.1) is 0 Å². The molecular weight excluding hydrogens is 230 g/mol. The van der Waals surface area contributed by atoms with Crippen LogP contribution in [0.15, 0.2) is 71.4 Å². The van der Waals surface area contributed by atoms with E-state index in [4.69, 9.17) is 0 Å². The Morgan fingerprint density at radius 2 is 1.28 bits per heavy atom.